The minimum absolute atomic E-state index is 0.232. The molecule has 0 atom stereocenters. The molecule has 2 aliphatic rings. The molecular weight excluding hydrogens is 763 g/mol. The van der Waals surface area contributed by atoms with Gasteiger partial charge in [0.2, 0.25) is 0 Å². The van der Waals surface area contributed by atoms with Gasteiger partial charge in [0.05, 0.1) is 22.7 Å². The van der Waals surface area contributed by atoms with Gasteiger partial charge < -0.3 is 9.80 Å². The molecule has 2 aliphatic carbocycles. The van der Waals surface area contributed by atoms with Crippen LogP contribution in [0, 0.1) is 11.6 Å². The number of anilines is 6. The lowest BCUT2D eigenvalue weighted by Crippen LogP contribution is -2.17. The molecule has 0 heterocycles. The summed E-state index contributed by atoms with van der Waals surface area (Å²) in [6.07, 6.45) is 0. The Labute approximate surface area is 360 Å². The van der Waals surface area contributed by atoms with Gasteiger partial charge in [0, 0.05) is 33.0 Å². The lowest BCUT2D eigenvalue weighted by atomic mass is 9.82. The Morgan fingerprint density at radius 2 is 0.710 bits per heavy atom. The molecule has 0 saturated heterocycles. The summed E-state index contributed by atoms with van der Waals surface area (Å²) < 4.78 is 32.6. The molecule has 0 fully saturated rings. The first-order valence-corrected chi connectivity index (χ1v) is 21.4. The third-order valence-corrected chi connectivity index (χ3v) is 13.9. The van der Waals surface area contributed by atoms with Gasteiger partial charge in [-0.15, -0.1) is 0 Å². The van der Waals surface area contributed by atoms with Crippen molar-refractivity contribution in [2.45, 2.75) is 38.5 Å². The lowest BCUT2D eigenvalue weighted by molar-refractivity contribution is 0.628. The van der Waals surface area contributed by atoms with Crippen LogP contribution < -0.4 is 9.80 Å². The zero-order chi connectivity index (χ0) is 42.1. The van der Waals surface area contributed by atoms with Crippen LogP contribution in [0.25, 0.3) is 54.6 Å². The van der Waals surface area contributed by atoms with Crippen LogP contribution >= 0.6 is 0 Å². The molecule has 0 unspecified atom stereocenters. The van der Waals surface area contributed by atoms with Crippen molar-refractivity contribution in [3.05, 3.63) is 216 Å². The molecule has 0 radical (unpaired) electrons. The van der Waals surface area contributed by atoms with Crippen molar-refractivity contribution < 1.29 is 8.78 Å². The fourth-order valence-electron chi connectivity index (χ4n) is 10.9. The van der Waals surface area contributed by atoms with Crippen molar-refractivity contribution >= 4 is 66.4 Å². The molecule has 298 valence electrons. The first-order valence-electron chi connectivity index (χ1n) is 21.4. The fourth-order valence-corrected chi connectivity index (χ4v) is 10.9. The normalized spacial score (nSPS) is 14.2. The first-order chi connectivity index (χ1) is 30.1. The number of rotatable bonds is 6. The SMILES string of the molecule is CC1(C)c2ccccc2-c2ccc(N(c3ccccc3F)c3ccc4ccc5c(N(c6ccc7c(c6)C(C)(C)c6ccccc6-7)c6ccccc6F)ccc6ccc3c4c65)cc21. The van der Waals surface area contributed by atoms with Gasteiger partial charge in [-0.1, -0.05) is 149 Å². The minimum atomic E-state index is -0.301. The zero-order valence-corrected chi connectivity index (χ0v) is 35.0. The first kappa shape index (κ1) is 36.5. The third kappa shape index (κ3) is 5.07. The fraction of sp³-hybridized carbons (Fsp3) is 0.103. The summed E-state index contributed by atoms with van der Waals surface area (Å²) in [5.41, 5.74) is 13.9. The highest BCUT2D eigenvalue weighted by molar-refractivity contribution is 6.28. The largest absolute Gasteiger partial charge is 0.307 e. The molecule has 62 heavy (non-hydrogen) atoms. The molecule has 0 bridgehead atoms. The van der Waals surface area contributed by atoms with E-state index in [-0.39, 0.29) is 22.5 Å². The van der Waals surface area contributed by atoms with E-state index in [4.69, 9.17) is 0 Å². The van der Waals surface area contributed by atoms with E-state index in [1.807, 2.05) is 24.3 Å². The van der Waals surface area contributed by atoms with Crippen LogP contribution in [0.3, 0.4) is 0 Å². The topological polar surface area (TPSA) is 6.48 Å². The summed E-state index contributed by atoms with van der Waals surface area (Å²) >= 11 is 0. The maximum Gasteiger partial charge on any atom is 0.147 e. The van der Waals surface area contributed by atoms with Crippen LogP contribution in [-0.4, -0.2) is 0 Å². The van der Waals surface area contributed by atoms with Crippen molar-refractivity contribution in [3.63, 3.8) is 0 Å². The van der Waals surface area contributed by atoms with Crippen LogP contribution in [0.2, 0.25) is 0 Å². The van der Waals surface area contributed by atoms with E-state index in [0.29, 0.717) is 11.4 Å². The van der Waals surface area contributed by atoms with Crippen LogP contribution in [0.15, 0.2) is 182 Å². The van der Waals surface area contributed by atoms with Gasteiger partial charge in [0.1, 0.15) is 11.6 Å². The molecule has 0 aliphatic heterocycles. The Morgan fingerprint density at radius 3 is 1.15 bits per heavy atom. The van der Waals surface area contributed by atoms with Gasteiger partial charge in [-0.2, -0.15) is 0 Å². The van der Waals surface area contributed by atoms with Crippen LogP contribution in [0.1, 0.15) is 49.9 Å². The second-order valence-electron chi connectivity index (χ2n) is 18.0. The number of halogens is 2. The molecule has 0 aromatic heterocycles. The van der Waals surface area contributed by atoms with Gasteiger partial charge >= 0.3 is 0 Å². The Bertz CT molecular complexity index is 3240. The van der Waals surface area contributed by atoms with E-state index in [1.54, 1.807) is 12.1 Å². The quantitative estimate of drug-likeness (QED) is 0.155. The number of benzene rings is 10. The number of hydrogen-bond donors (Lipinski definition) is 0. The van der Waals surface area contributed by atoms with E-state index < -0.39 is 0 Å². The van der Waals surface area contributed by atoms with E-state index in [0.717, 1.165) is 55.1 Å². The van der Waals surface area contributed by atoms with Crippen molar-refractivity contribution in [2.75, 3.05) is 9.80 Å². The van der Waals surface area contributed by atoms with Gasteiger partial charge in [-0.05, 0) is 127 Å². The Morgan fingerprint density at radius 1 is 0.339 bits per heavy atom. The minimum Gasteiger partial charge on any atom is -0.307 e. The van der Waals surface area contributed by atoms with Gasteiger partial charge in [-0.3, -0.25) is 0 Å². The van der Waals surface area contributed by atoms with Crippen molar-refractivity contribution in [1.29, 1.82) is 0 Å². The van der Waals surface area contributed by atoms with Crippen LogP contribution in [0.4, 0.5) is 42.9 Å². The smallest absolute Gasteiger partial charge is 0.147 e. The third-order valence-electron chi connectivity index (χ3n) is 13.9. The van der Waals surface area contributed by atoms with Crippen LogP contribution in [0.5, 0.6) is 0 Å². The van der Waals surface area contributed by atoms with Crippen molar-refractivity contribution in [1.82, 2.24) is 0 Å². The van der Waals surface area contributed by atoms with Gasteiger partial charge in [0.15, 0.2) is 0 Å². The predicted octanol–water partition coefficient (Wildman–Crippen LogP) is 16.4. The highest BCUT2D eigenvalue weighted by Gasteiger charge is 2.37. The molecule has 0 N–H and O–H groups in total. The molecule has 4 heteroatoms. The van der Waals surface area contributed by atoms with Gasteiger partial charge in [-0.25, -0.2) is 8.78 Å². The molecule has 0 amide bonds. The summed E-state index contributed by atoms with van der Waals surface area (Å²) in [6, 6.07) is 61.7. The second kappa shape index (κ2) is 13.1. The molecule has 10 aromatic carbocycles. The monoisotopic (exact) mass is 804 g/mol. The molecule has 0 spiro atoms. The van der Waals surface area contributed by atoms with E-state index in [1.165, 1.54) is 56.6 Å². The van der Waals surface area contributed by atoms with Gasteiger partial charge in [0.25, 0.3) is 0 Å². The number of nitrogens with zero attached hydrogens (tertiary/aromatic N) is 2. The standard InChI is InChI=1S/C58H42F2N2/c1-57(2)45-15-7-5-13-39(45)41-29-25-37(33-47(41)57)61(53-19-11-9-17-49(53)59)51-31-23-35-22-28-44-52(32-24-36-21-27-43(51)55(35)56(36)44)62(54-20-12-10-18-50(54)60)38-26-30-42-40-14-6-8-16-46(40)58(3,4)48(42)34-38/h5-34H,1-4H3. The average molecular weight is 805 g/mol. The molecule has 2 nitrogen and oxygen atoms in total. The summed E-state index contributed by atoms with van der Waals surface area (Å²) in [5, 5.41) is 6.30. The summed E-state index contributed by atoms with van der Waals surface area (Å²) in [5.74, 6) is -0.602. The maximum atomic E-state index is 16.3. The molecule has 0 saturated carbocycles. The second-order valence-corrected chi connectivity index (χ2v) is 18.0. The maximum absolute atomic E-state index is 16.3. The van der Waals surface area contributed by atoms with E-state index in [9.17, 15) is 0 Å². The van der Waals surface area contributed by atoms with Crippen molar-refractivity contribution in [3.8, 4) is 22.3 Å². The van der Waals surface area contributed by atoms with E-state index in [2.05, 4.69) is 171 Å². The summed E-state index contributed by atoms with van der Waals surface area (Å²) in [6.45, 7) is 9.09. The Hall–Kier alpha value is -7.30. The molecule has 10 aromatic rings. The number of fused-ring (bicyclic) bond motifs is 6. The molecule has 12 rings (SSSR count). The molecular formula is C58H42F2N2. The lowest BCUT2D eigenvalue weighted by Gasteiger charge is -2.31. The Kier molecular flexibility index (Phi) is 7.72. The van der Waals surface area contributed by atoms with E-state index >= 15 is 8.78 Å². The predicted molar refractivity (Wildman–Crippen MR) is 255 cm³/mol. The average Bonchev–Trinajstić information content (AvgIpc) is 3.66. The summed E-state index contributed by atoms with van der Waals surface area (Å²) in [7, 11) is 0. The number of para-hydroxylation sites is 2. The summed E-state index contributed by atoms with van der Waals surface area (Å²) in [4.78, 5) is 4.16. The Balaban J connectivity index is 1.08. The van der Waals surface area contributed by atoms with Crippen molar-refractivity contribution in [2.24, 2.45) is 0 Å². The highest BCUT2D eigenvalue weighted by Crippen LogP contribution is 2.54. The van der Waals surface area contributed by atoms with Crippen LogP contribution in [-0.2, 0) is 10.8 Å². The zero-order valence-electron chi connectivity index (χ0n) is 35.0. The number of hydrogen-bond acceptors (Lipinski definition) is 2. The highest BCUT2D eigenvalue weighted by atomic mass is 19.1.